The zero-order valence-electron chi connectivity index (χ0n) is 11.3. The fourth-order valence-corrected chi connectivity index (χ4v) is 2.31. The highest BCUT2D eigenvalue weighted by Crippen LogP contribution is 2.24. The summed E-state index contributed by atoms with van der Waals surface area (Å²) >= 11 is 0. The van der Waals surface area contributed by atoms with Crippen molar-refractivity contribution < 1.29 is 0 Å². The van der Waals surface area contributed by atoms with E-state index in [0.29, 0.717) is 16.9 Å². The maximum absolute atomic E-state index is 12.1. The molecule has 2 aromatic rings. The first-order valence-electron chi connectivity index (χ1n) is 6.34. The van der Waals surface area contributed by atoms with Crippen molar-refractivity contribution in [3.63, 3.8) is 0 Å². The molecule has 7 heteroatoms. The average Bonchev–Trinajstić information content (AvgIpc) is 2.68. The second kappa shape index (κ2) is 3.93. The highest BCUT2D eigenvalue weighted by atomic mass is 16.1. The summed E-state index contributed by atoms with van der Waals surface area (Å²) in [6.45, 7) is 7.54. The van der Waals surface area contributed by atoms with E-state index in [2.05, 4.69) is 15.1 Å². The van der Waals surface area contributed by atoms with Crippen molar-refractivity contribution in [3.8, 4) is 0 Å². The summed E-state index contributed by atoms with van der Waals surface area (Å²) in [6.07, 6.45) is 1.58. The number of hydrogen-bond donors (Lipinski definition) is 1. The Hall–Kier alpha value is -1.63. The lowest BCUT2D eigenvalue weighted by Gasteiger charge is -2.36. The van der Waals surface area contributed by atoms with Crippen molar-refractivity contribution in [2.24, 2.45) is 0 Å². The van der Waals surface area contributed by atoms with E-state index in [1.54, 1.807) is 15.7 Å². The molecule has 1 aliphatic heterocycles. The number of nitrogens with zero attached hydrogens (tertiary/aromatic N) is 4. The van der Waals surface area contributed by atoms with E-state index < -0.39 is 0 Å². The van der Waals surface area contributed by atoms with Gasteiger partial charge in [0.25, 0.3) is 5.56 Å². The van der Waals surface area contributed by atoms with Gasteiger partial charge in [-0.2, -0.15) is 5.10 Å². The number of H-pyrrole nitrogens is 1. The molecule has 2 aromatic heterocycles. The third-order valence-electron chi connectivity index (χ3n) is 3.39. The highest BCUT2D eigenvalue weighted by Gasteiger charge is 2.28. The van der Waals surface area contributed by atoms with E-state index in [0.717, 1.165) is 13.1 Å². The molecule has 0 amide bonds. The van der Waals surface area contributed by atoms with E-state index in [-0.39, 0.29) is 17.0 Å². The summed E-state index contributed by atoms with van der Waals surface area (Å²) in [4.78, 5) is 21.2. The van der Waals surface area contributed by atoms with Gasteiger partial charge in [0.05, 0.1) is 11.7 Å². The first-order chi connectivity index (χ1) is 8.86. The monoisotopic (exact) mass is 257 g/mol. The number of hydrogen-bond acceptors (Lipinski definition) is 4. The van der Waals surface area contributed by atoms with Crippen LogP contribution < -0.4 is 5.56 Å². The molecule has 98 valence electrons. The minimum Gasteiger partial charge on any atom is -0.352 e. The molecule has 0 aliphatic carbocycles. The van der Waals surface area contributed by atoms with Crippen molar-refractivity contribution >= 4 is 19.0 Å². The van der Waals surface area contributed by atoms with Crippen LogP contribution in [-0.2, 0) is 5.54 Å². The lowest BCUT2D eigenvalue weighted by atomic mass is 9.95. The fraction of sp³-hybridized carbons (Fsp3) is 0.583. The van der Waals surface area contributed by atoms with Crippen LogP contribution in [0.4, 0.5) is 0 Å². The summed E-state index contributed by atoms with van der Waals surface area (Å²) in [5.41, 5.74) is 0.298. The Balaban J connectivity index is 2.15. The van der Waals surface area contributed by atoms with E-state index in [1.807, 2.05) is 20.8 Å². The van der Waals surface area contributed by atoms with E-state index in [4.69, 9.17) is 7.98 Å². The summed E-state index contributed by atoms with van der Waals surface area (Å²) in [7, 11) is 5.63. The van der Waals surface area contributed by atoms with E-state index >= 15 is 0 Å². The van der Waals surface area contributed by atoms with Crippen molar-refractivity contribution in [2.45, 2.75) is 32.2 Å². The molecule has 6 nitrogen and oxygen atoms in total. The topological polar surface area (TPSA) is 66.8 Å². The Morgan fingerprint density at radius 1 is 1.42 bits per heavy atom. The van der Waals surface area contributed by atoms with Gasteiger partial charge in [-0.3, -0.25) is 4.79 Å². The summed E-state index contributed by atoms with van der Waals surface area (Å²) in [5, 5.41) is 4.82. The number of rotatable bonds is 1. The van der Waals surface area contributed by atoms with Gasteiger partial charge >= 0.3 is 0 Å². The van der Waals surface area contributed by atoms with Crippen molar-refractivity contribution in [2.75, 3.05) is 13.1 Å². The quantitative estimate of drug-likeness (QED) is 0.749. The Bertz CT molecular complexity index is 677. The third kappa shape index (κ3) is 1.98. The van der Waals surface area contributed by atoms with Gasteiger partial charge < -0.3 is 9.79 Å². The van der Waals surface area contributed by atoms with Crippen LogP contribution in [-0.4, -0.2) is 45.6 Å². The van der Waals surface area contributed by atoms with Crippen LogP contribution in [0.1, 0.15) is 32.5 Å². The predicted octanol–water partition coefficient (Wildman–Crippen LogP) is 0.357. The molecular formula is C12H16BN5O. The molecular weight excluding hydrogens is 241 g/mol. The first kappa shape index (κ1) is 12.4. The number of aromatic nitrogens is 4. The molecule has 3 rings (SSSR count). The normalized spacial score (nSPS) is 17.8. The molecule has 1 aliphatic rings. The predicted molar refractivity (Wildman–Crippen MR) is 73.2 cm³/mol. The van der Waals surface area contributed by atoms with Crippen LogP contribution in [0.2, 0.25) is 0 Å². The van der Waals surface area contributed by atoms with Crippen LogP contribution >= 0.6 is 0 Å². The third-order valence-corrected chi connectivity index (χ3v) is 3.39. The van der Waals surface area contributed by atoms with Crippen LogP contribution in [0.5, 0.6) is 0 Å². The molecule has 19 heavy (non-hydrogen) atoms. The molecule has 3 heterocycles. The Morgan fingerprint density at radius 2 is 2.11 bits per heavy atom. The maximum atomic E-state index is 12.1. The number of nitrogens with one attached hydrogen (secondary N) is 1. The lowest BCUT2D eigenvalue weighted by molar-refractivity contribution is 0.267. The largest absolute Gasteiger partial charge is 0.352 e. The Labute approximate surface area is 112 Å². The average molecular weight is 257 g/mol. The second-order valence-corrected chi connectivity index (χ2v) is 6.07. The van der Waals surface area contributed by atoms with Gasteiger partial charge in [-0.1, -0.05) is 0 Å². The molecule has 0 spiro atoms. The minimum absolute atomic E-state index is 0.133. The van der Waals surface area contributed by atoms with Gasteiger partial charge in [0, 0.05) is 5.92 Å². The summed E-state index contributed by atoms with van der Waals surface area (Å²) in [5.74, 6) is 0.899. The minimum atomic E-state index is -0.209. The van der Waals surface area contributed by atoms with E-state index in [1.165, 1.54) is 0 Å². The molecule has 1 fully saturated rings. The second-order valence-electron chi connectivity index (χ2n) is 6.07. The van der Waals surface area contributed by atoms with Crippen LogP contribution in [0, 0.1) is 0 Å². The SMILES string of the molecule is [B]N1CC(c2nc3c(cnn3C(C)(C)C)c(=O)[nH]2)C1. The molecule has 1 saturated heterocycles. The number of fused-ring (bicyclic) bond motifs is 1. The fourth-order valence-electron chi connectivity index (χ4n) is 2.31. The van der Waals surface area contributed by atoms with Crippen molar-refractivity contribution in [3.05, 3.63) is 22.4 Å². The van der Waals surface area contributed by atoms with Crippen LogP contribution in [0.25, 0.3) is 11.0 Å². The van der Waals surface area contributed by atoms with Crippen molar-refractivity contribution in [1.29, 1.82) is 0 Å². The van der Waals surface area contributed by atoms with Crippen molar-refractivity contribution in [1.82, 2.24) is 24.6 Å². The molecule has 0 bridgehead atoms. The smallest absolute Gasteiger partial charge is 0.262 e. The van der Waals surface area contributed by atoms with Crippen LogP contribution in [0.3, 0.4) is 0 Å². The lowest BCUT2D eigenvalue weighted by Crippen LogP contribution is -2.44. The molecule has 0 atom stereocenters. The molecule has 0 saturated carbocycles. The Morgan fingerprint density at radius 3 is 2.68 bits per heavy atom. The Kier molecular flexibility index (Phi) is 2.57. The van der Waals surface area contributed by atoms with Gasteiger partial charge in [0.2, 0.25) is 0 Å². The molecule has 2 radical (unpaired) electrons. The molecule has 1 N–H and O–H groups in total. The van der Waals surface area contributed by atoms with Crippen LogP contribution in [0.15, 0.2) is 11.0 Å². The van der Waals surface area contributed by atoms with Gasteiger partial charge in [0.15, 0.2) is 13.6 Å². The standard InChI is InChI=1S/C12H16BN5O/c1-12(2,3)18-10-8(4-14-18)11(19)16-9(15-10)7-5-17(13)6-7/h4,7H,5-6H2,1-3H3,(H,15,16,19). The highest BCUT2D eigenvalue weighted by molar-refractivity contribution is 6.05. The van der Waals surface area contributed by atoms with Gasteiger partial charge in [-0.15, -0.1) is 0 Å². The summed E-state index contributed by atoms with van der Waals surface area (Å²) in [6, 6.07) is 0. The number of aromatic amines is 1. The summed E-state index contributed by atoms with van der Waals surface area (Å²) < 4.78 is 1.79. The van der Waals surface area contributed by atoms with E-state index in [9.17, 15) is 4.79 Å². The molecule has 0 unspecified atom stereocenters. The first-order valence-corrected chi connectivity index (χ1v) is 6.34. The maximum Gasteiger partial charge on any atom is 0.262 e. The zero-order chi connectivity index (χ0) is 13.8. The van der Waals surface area contributed by atoms with Gasteiger partial charge in [-0.05, 0) is 33.9 Å². The zero-order valence-corrected chi connectivity index (χ0v) is 11.3. The molecule has 0 aromatic carbocycles. The van der Waals surface area contributed by atoms with Gasteiger partial charge in [-0.25, -0.2) is 9.67 Å². The van der Waals surface area contributed by atoms with Gasteiger partial charge in [0.1, 0.15) is 11.2 Å².